The summed E-state index contributed by atoms with van der Waals surface area (Å²) in [6, 6.07) is 13.3. The van der Waals surface area contributed by atoms with Gasteiger partial charge in [-0.3, -0.25) is 19.8 Å². The lowest BCUT2D eigenvalue weighted by molar-refractivity contribution is -0.139. The number of amides is 2. The largest absolute Gasteiger partial charge is 0.480 e. The minimum absolute atomic E-state index is 0.103. The third kappa shape index (κ3) is 8.49. The van der Waals surface area contributed by atoms with Gasteiger partial charge in [0.25, 0.3) is 11.8 Å². The Bertz CT molecular complexity index is 1370. The average molecular weight is 563 g/mol. The van der Waals surface area contributed by atoms with E-state index in [4.69, 9.17) is 15.6 Å². The molecule has 3 aromatic rings. The number of nitrogens with two attached hydrogens (primary N) is 1. The maximum atomic E-state index is 13.1. The van der Waals surface area contributed by atoms with Gasteiger partial charge in [-0.1, -0.05) is 62.7 Å². The van der Waals surface area contributed by atoms with Crippen molar-refractivity contribution in [2.75, 3.05) is 6.54 Å². The molecule has 12 nitrogen and oxygen atoms in total. The third-order valence-corrected chi connectivity index (χ3v) is 6.55. The van der Waals surface area contributed by atoms with Gasteiger partial charge < -0.3 is 31.2 Å². The Balaban J connectivity index is 1.68. The summed E-state index contributed by atoms with van der Waals surface area (Å²) < 4.78 is 5.55. The number of hydrogen-bond acceptors (Lipinski definition) is 7. The highest BCUT2D eigenvalue weighted by molar-refractivity contribution is 6.09. The van der Waals surface area contributed by atoms with Crippen molar-refractivity contribution in [3.63, 3.8) is 0 Å². The molecule has 0 saturated carbocycles. The summed E-state index contributed by atoms with van der Waals surface area (Å²) in [7, 11) is 0. The molecular formula is C29H34N6O6. The van der Waals surface area contributed by atoms with Crippen LogP contribution in [0.1, 0.15) is 81.8 Å². The Hall–Kier alpha value is -5.00. The van der Waals surface area contributed by atoms with Crippen molar-refractivity contribution in [2.24, 2.45) is 11.7 Å². The van der Waals surface area contributed by atoms with Crippen LogP contribution in [0.5, 0.6) is 0 Å². The van der Waals surface area contributed by atoms with Gasteiger partial charge in [0.2, 0.25) is 5.89 Å². The highest BCUT2D eigenvalue weighted by atomic mass is 16.4. The van der Waals surface area contributed by atoms with Gasteiger partial charge in [-0.25, -0.2) is 9.78 Å². The molecule has 1 aromatic heterocycles. The maximum absolute atomic E-state index is 13.1. The third-order valence-electron chi connectivity index (χ3n) is 6.55. The molecule has 0 aliphatic rings. The minimum atomic E-state index is -1.22. The predicted molar refractivity (Wildman–Crippen MR) is 151 cm³/mol. The number of hydrogen-bond donors (Lipinski definition) is 6. The number of carbonyl (C=O) groups is 4. The van der Waals surface area contributed by atoms with E-state index in [2.05, 4.69) is 20.9 Å². The lowest BCUT2D eigenvalue weighted by atomic mass is 9.98. The summed E-state index contributed by atoms with van der Waals surface area (Å²) >= 11 is 0. The number of benzene rings is 2. The van der Waals surface area contributed by atoms with Crippen LogP contribution in [-0.2, 0) is 4.79 Å². The van der Waals surface area contributed by atoms with Crippen LogP contribution in [0.3, 0.4) is 0 Å². The number of nitrogens with zero attached hydrogens (tertiary/aromatic N) is 1. The quantitative estimate of drug-likeness (QED) is 0.0739. The van der Waals surface area contributed by atoms with Gasteiger partial charge in [-0.15, -0.1) is 0 Å². The van der Waals surface area contributed by atoms with E-state index < -0.39 is 29.9 Å². The SMILES string of the molecule is CC[C@H](C)[C@H](NC(=O)c1ccc(C(=O)c2ccccc2)cc1)c1nc(C(=O)N[C@@H](CCCNC(=N)N)C(=O)O)co1. The monoisotopic (exact) mass is 562 g/mol. The van der Waals surface area contributed by atoms with E-state index >= 15 is 0 Å². The zero-order valence-corrected chi connectivity index (χ0v) is 22.8. The lowest BCUT2D eigenvalue weighted by Crippen LogP contribution is -2.41. The van der Waals surface area contributed by atoms with Crippen LogP contribution in [-0.4, -0.2) is 52.2 Å². The van der Waals surface area contributed by atoms with E-state index in [-0.39, 0.29) is 42.2 Å². The van der Waals surface area contributed by atoms with Crippen molar-refractivity contribution in [2.45, 2.75) is 45.2 Å². The topological polar surface area (TPSA) is 200 Å². The molecule has 0 saturated heterocycles. The van der Waals surface area contributed by atoms with Crippen LogP contribution in [0.25, 0.3) is 0 Å². The van der Waals surface area contributed by atoms with Crippen molar-refractivity contribution in [3.8, 4) is 0 Å². The number of rotatable bonds is 14. The highest BCUT2D eigenvalue weighted by Gasteiger charge is 2.28. The molecule has 216 valence electrons. The Morgan fingerprint density at radius 2 is 1.61 bits per heavy atom. The van der Waals surface area contributed by atoms with Gasteiger partial charge in [-0.2, -0.15) is 0 Å². The second-order valence-corrected chi connectivity index (χ2v) is 9.53. The normalized spacial score (nSPS) is 12.9. The standard InChI is InChI=1S/C29H34N6O6/c1-3-17(2)23(35-25(37)20-13-11-19(12-14-20)24(36)18-8-5-4-6-9-18)27-34-22(16-41-27)26(38)33-21(28(39)40)10-7-15-32-29(30)31/h4-6,8-9,11-14,16-17,21,23H,3,7,10,15H2,1-2H3,(H,33,38)(H,35,37)(H,39,40)(H4,30,31,32)/t17-,21-,23-/m0/s1. The van der Waals surface area contributed by atoms with E-state index in [1.165, 1.54) is 0 Å². The molecule has 7 N–H and O–H groups in total. The Labute approximate surface area is 237 Å². The second-order valence-electron chi connectivity index (χ2n) is 9.53. The van der Waals surface area contributed by atoms with Gasteiger partial charge in [0.15, 0.2) is 17.4 Å². The molecule has 1 heterocycles. The molecule has 0 spiro atoms. The smallest absolute Gasteiger partial charge is 0.326 e. The second kappa shape index (κ2) is 14.4. The summed E-state index contributed by atoms with van der Waals surface area (Å²) in [6.07, 6.45) is 2.24. The number of carboxylic acids is 1. The van der Waals surface area contributed by atoms with E-state index in [0.29, 0.717) is 29.5 Å². The molecule has 0 aliphatic heterocycles. The van der Waals surface area contributed by atoms with Crippen molar-refractivity contribution < 1.29 is 28.7 Å². The van der Waals surface area contributed by atoms with E-state index in [1.54, 1.807) is 48.5 Å². The van der Waals surface area contributed by atoms with E-state index in [0.717, 1.165) is 6.26 Å². The molecule has 2 amide bonds. The molecule has 0 aliphatic carbocycles. The fourth-order valence-corrected chi connectivity index (χ4v) is 3.99. The number of aromatic nitrogens is 1. The van der Waals surface area contributed by atoms with Crippen molar-refractivity contribution in [3.05, 3.63) is 89.1 Å². The summed E-state index contributed by atoms with van der Waals surface area (Å²) in [5, 5.41) is 24.5. The van der Waals surface area contributed by atoms with Crippen molar-refractivity contribution in [1.82, 2.24) is 20.9 Å². The molecule has 0 bridgehead atoms. The van der Waals surface area contributed by atoms with Crippen LogP contribution in [0.15, 0.2) is 65.3 Å². The molecule has 3 rings (SSSR count). The minimum Gasteiger partial charge on any atom is -0.480 e. The van der Waals surface area contributed by atoms with Crippen LogP contribution < -0.4 is 21.7 Å². The average Bonchev–Trinajstić information content (AvgIpc) is 3.47. The number of ketones is 1. The molecule has 0 unspecified atom stereocenters. The number of carbonyl (C=O) groups excluding carboxylic acids is 3. The fourth-order valence-electron chi connectivity index (χ4n) is 3.99. The van der Waals surface area contributed by atoms with Gasteiger partial charge in [0, 0.05) is 23.2 Å². The Kier molecular flexibility index (Phi) is 10.7. The zero-order chi connectivity index (χ0) is 29.9. The van der Waals surface area contributed by atoms with Gasteiger partial charge >= 0.3 is 5.97 Å². The molecule has 2 aromatic carbocycles. The lowest BCUT2D eigenvalue weighted by Gasteiger charge is -2.21. The Morgan fingerprint density at radius 3 is 2.22 bits per heavy atom. The molecule has 0 fully saturated rings. The zero-order valence-electron chi connectivity index (χ0n) is 22.8. The van der Waals surface area contributed by atoms with Crippen molar-refractivity contribution >= 4 is 29.5 Å². The first-order valence-corrected chi connectivity index (χ1v) is 13.2. The summed E-state index contributed by atoms with van der Waals surface area (Å²) in [5.41, 5.74) is 6.41. The van der Waals surface area contributed by atoms with Crippen LogP contribution in [0.4, 0.5) is 0 Å². The van der Waals surface area contributed by atoms with E-state index in [9.17, 15) is 24.3 Å². The molecule has 0 radical (unpaired) electrons. The molecule has 12 heteroatoms. The first kappa shape index (κ1) is 30.5. The number of carboxylic acid groups (broad SMARTS) is 1. The van der Waals surface area contributed by atoms with Gasteiger partial charge in [-0.05, 0) is 30.9 Å². The molecule has 3 atom stereocenters. The summed E-state index contributed by atoms with van der Waals surface area (Å²) in [6.45, 7) is 4.11. The van der Waals surface area contributed by atoms with Crippen LogP contribution in [0.2, 0.25) is 0 Å². The fraction of sp³-hybridized carbons (Fsp3) is 0.310. The summed E-state index contributed by atoms with van der Waals surface area (Å²) in [5.74, 6) is -2.76. The van der Waals surface area contributed by atoms with Crippen LogP contribution >= 0.6 is 0 Å². The number of aliphatic carboxylic acids is 1. The first-order valence-electron chi connectivity index (χ1n) is 13.2. The highest BCUT2D eigenvalue weighted by Crippen LogP contribution is 2.25. The van der Waals surface area contributed by atoms with Crippen molar-refractivity contribution in [1.29, 1.82) is 5.41 Å². The Morgan fingerprint density at radius 1 is 0.976 bits per heavy atom. The number of guanidine groups is 1. The predicted octanol–water partition coefficient (Wildman–Crippen LogP) is 2.87. The van der Waals surface area contributed by atoms with E-state index in [1.807, 2.05) is 19.9 Å². The molecular weight excluding hydrogens is 528 g/mol. The van der Waals surface area contributed by atoms with Gasteiger partial charge in [0.1, 0.15) is 18.3 Å². The maximum Gasteiger partial charge on any atom is 0.326 e. The molecule has 41 heavy (non-hydrogen) atoms. The summed E-state index contributed by atoms with van der Waals surface area (Å²) in [4.78, 5) is 54.3. The number of nitrogens with one attached hydrogen (secondary N) is 4. The number of oxazole rings is 1. The van der Waals surface area contributed by atoms with Crippen LogP contribution in [0, 0.1) is 11.3 Å². The van der Waals surface area contributed by atoms with Gasteiger partial charge in [0.05, 0.1) is 0 Å². The first-order chi connectivity index (χ1) is 19.6.